The second-order valence-corrected chi connectivity index (χ2v) is 5.05. The van der Waals surface area contributed by atoms with Crippen LogP contribution in [0.4, 0.5) is 0 Å². The van der Waals surface area contributed by atoms with Crippen LogP contribution in [0.3, 0.4) is 0 Å². The summed E-state index contributed by atoms with van der Waals surface area (Å²) in [5.41, 5.74) is 1.34. The van der Waals surface area contributed by atoms with Crippen molar-refractivity contribution in [1.29, 1.82) is 0 Å². The number of hydrogen-bond acceptors (Lipinski definition) is 5. The van der Waals surface area contributed by atoms with Gasteiger partial charge in [0.2, 0.25) is 0 Å². The van der Waals surface area contributed by atoms with E-state index < -0.39 is 11.5 Å². The molecule has 0 unspecified atom stereocenters. The summed E-state index contributed by atoms with van der Waals surface area (Å²) in [6.07, 6.45) is 2.01. The number of methoxy groups -OCH3 is 1. The Hall–Kier alpha value is -3.02. The van der Waals surface area contributed by atoms with Crippen LogP contribution in [-0.4, -0.2) is 23.2 Å². The number of aromatic hydroxyl groups is 1. The number of nitrogens with one attached hydrogen (secondary N) is 1. The van der Waals surface area contributed by atoms with Crippen molar-refractivity contribution >= 4 is 16.9 Å². The first-order chi connectivity index (χ1) is 11.1. The van der Waals surface area contributed by atoms with Crippen molar-refractivity contribution in [1.82, 2.24) is 4.98 Å². The number of pyridine rings is 1. The van der Waals surface area contributed by atoms with Gasteiger partial charge in [0, 0.05) is 10.9 Å². The predicted molar refractivity (Wildman–Crippen MR) is 84.7 cm³/mol. The molecule has 0 aliphatic heterocycles. The smallest absolute Gasteiger partial charge is 0.347 e. The lowest BCUT2D eigenvalue weighted by molar-refractivity contribution is 0.0595. The lowest BCUT2D eigenvalue weighted by atomic mass is 10.00. The molecule has 1 aromatic carbocycles. The van der Waals surface area contributed by atoms with Gasteiger partial charge < -0.3 is 19.2 Å². The third-order valence-electron chi connectivity index (χ3n) is 3.77. The van der Waals surface area contributed by atoms with E-state index in [1.54, 1.807) is 18.4 Å². The zero-order chi connectivity index (χ0) is 16.6. The number of rotatable bonds is 3. The van der Waals surface area contributed by atoms with Gasteiger partial charge in [-0.3, -0.25) is 4.79 Å². The Kier molecular flexibility index (Phi) is 3.65. The Morgan fingerprint density at radius 1 is 1.35 bits per heavy atom. The van der Waals surface area contributed by atoms with Crippen molar-refractivity contribution in [3.63, 3.8) is 0 Å². The van der Waals surface area contributed by atoms with Crippen LogP contribution in [-0.2, 0) is 11.2 Å². The molecule has 2 N–H and O–H groups in total. The molecule has 118 valence electrons. The van der Waals surface area contributed by atoms with E-state index in [4.69, 9.17) is 4.42 Å². The van der Waals surface area contributed by atoms with Gasteiger partial charge in [-0.25, -0.2) is 4.79 Å². The third kappa shape index (κ3) is 2.38. The molecule has 6 heteroatoms. The molecule has 0 radical (unpaired) electrons. The lowest BCUT2D eigenvalue weighted by Crippen LogP contribution is -2.21. The number of aromatic amines is 1. The number of H-pyrrole nitrogens is 1. The molecule has 0 aliphatic carbocycles. The van der Waals surface area contributed by atoms with Crippen molar-refractivity contribution in [3.05, 3.63) is 52.0 Å². The van der Waals surface area contributed by atoms with Crippen molar-refractivity contribution in [2.75, 3.05) is 7.11 Å². The highest BCUT2D eigenvalue weighted by Crippen LogP contribution is 2.31. The summed E-state index contributed by atoms with van der Waals surface area (Å²) in [7, 11) is 1.16. The summed E-state index contributed by atoms with van der Waals surface area (Å²) in [5.74, 6) is -1.21. The second-order valence-electron chi connectivity index (χ2n) is 5.05. The van der Waals surface area contributed by atoms with Gasteiger partial charge in [0.1, 0.15) is 11.3 Å². The van der Waals surface area contributed by atoms with Gasteiger partial charge in [-0.15, -0.1) is 0 Å². The Morgan fingerprint density at radius 3 is 2.83 bits per heavy atom. The Labute approximate surface area is 131 Å². The zero-order valence-electron chi connectivity index (χ0n) is 12.7. The van der Waals surface area contributed by atoms with Crippen LogP contribution in [0.25, 0.3) is 22.2 Å². The van der Waals surface area contributed by atoms with Crippen LogP contribution in [0, 0.1) is 0 Å². The maximum atomic E-state index is 12.2. The van der Waals surface area contributed by atoms with E-state index in [1.165, 1.54) is 0 Å². The number of esters is 1. The highest BCUT2D eigenvalue weighted by molar-refractivity contribution is 5.93. The van der Waals surface area contributed by atoms with E-state index in [0.717, 1.165) is 23.6 Å². The molecule has 0 bridgehead atoms. The first-order valence-electron chi connectivity index (χ1n) is 7.10. The van der Waals surface area contributed by atoms with Gasteiger partial charge in [0.05, 0.1) is 19.1 Å². The maximum absolute atomic E-state index is 12.2. The minimum Gasteiger partial charge on any atom is -0.506 e. The summed E-state index contributed by atoms with van der Waals surface area (Å²) >= 11 is 0. The van der Waals surface area contributed by atoms with E-state index in [9.17, 15) is 14.7 Å². The Bertz CT molecular complexity index is 951. The van der Waals surface area contributed by atoms with E-state index in [1.807, 2.05) is 19.1 Å². The Balaban J connectivity index is 2.26. The highest BCUT2D eigenvalue weighted by Gasteiger charge is 2.23. The number of benzene rings is 1. The fourth-order valence-electron chi connectivity index (χ4n) is 2.63. The fraction of sp³-hybridized carbons (Fsp3) is 0.176. The van der Waals surface area contributed by atoms with Gasteiger partial charge in [0.15, 0.2) is 5.56 Å². The molecule has 0 atom stereocenters. The quantitative estimate of drug-likeness (QED) is 0.725. The molecule has 6 nitrogen and oxygen atoms in total. The summed E-state index contributed by atoms with van der Waals surface area (Å²) < 4.78 is 9.85. The standard InChI is InChI=1S/C17H15NO5/c1-3-11-14(10-4-5-12-9(8-10)6-7-23-12)18-16(20)13(15(11)19)17(21)22-2/h4-8H,3H2,1-2H3,(H2,18,19,20). The lowest BCUT2D eigenvalue weighted by Gasteiger charge is -2.12. The molecule has 0 amide bonds. The average molecular weight is 313 g/mol. The van der Waals surface area contributed by atoms with Crippen LogP contribution in [0.15, 0.2) is 39.7 Å². The van der Waals surface area contributed by atoms with Crippen LogP contribution >= 0.6 is 0 Å². The van der Waals surface area contributed by atoms with E-state index in [-0.39, 0.29) is 11.3 Å². The normalized spacial score (nSPS) is 10.9. The van der Waals surface area contributed by atoms with Gasteiger partial charge in [-0.2, -0.15) is 0 Å². The summed E-state index contributed by atoms with van der Waals surface area (Å²) in [6, 6.07) is 7.23. The van der Waals surface area contributed by atoms with E-state index >= 15 is 0 Å². The molecule has 0 fully saturated rings. The van der Waals surface area contributed by atoms with Crippen LogP contribution in [0.2, 0.25) is 0 Å². The minimum absolute atomic E-state index is 0.342. The molecule has 2 heterocycles. The number of aromatic nitrogens is 1. The number of furan rings is 1. The SMILES string of the molecule is CCc1c(-c2ccc3occc3c2)[nH]c(=O)c(C(=O)OC)c1O. The molecule has 3 rings (SSSR count). The van der Waals surface area contributed by atoms with Crippen molar-refractivity contribution < 1.29 is 19.1 Å². The van der Waals surface area contributed by atoms with Gasteiger partial charge in [-0.05, 0) is 36.2 Å². The molecule has 0 saturated heterocycles. The molecule has 0 spiro atoms. The highest BCUT2D eigenvalue weighted by atomic mass is 16.5. The number of ether oxygens (including phenoxy) is 1. The topological polar surface area (TPSA) is 92.5 Å². The fourth-order valence-corrected chi connectivity index (χ4v) is 2.63. The summed E-state index contributed by atoms with van der Waals surface area (Å²) in [6.45, 7) is 1.83. The largest absolute Gasteiger partial charge is 0.506 e. The first-order valence-corrected chi connectivity index (χ1v) is 7.10. The van der Waals surface area contributed by atoms with Crippen LogP contribution in [0.1, 0.15) is 22.8 Å². The second kappa shape index (κ2) is 5.64. The zero-order valence-corrected chi connectivity index (χ0v) is 12.7. The molecule has 2 aromatic heterocycles. The summed E-state index contributed by atoms with van der Waals surface area (Å²) in [5, 5.41) is 11.2. The monoisotopic (exact) mass is 313 g/mol. The Morgan fingerprint density at radius 2 is 2.13 bits per heavy atom. The van der Waals surface area contributed by atoms with E-state index in [2.05, 4.69) is 9.72 Å². The minimum atomic E-state index is -0.865. The van der Waals surface area contributed by atoms with Crippen molar-refractivity contribution in [2.24, 2.45) is 0 Å². The van der Waals surface area contributed by atoms with Crippen molar-refractivity contribution in [3.8, 4) is 17.0 Å². The third-order valence-corrected chi connectivity index (χ3v) is 3.77. The summed E-state index contributed by atoms with van der Waals surface area (Å²) in [4.78, 5) is 26.6. The number of carbonyl (C=O) groups excluding carboxylic acids is 1. The number of fused-ring (bicyclic) bond motifs is 1. The van der Waals surface area contributed by atoms with Gasteiger partial charge in [0.25, 0.3) is 5.56 Å². The molecule has 0 saturated carbocycles. The van der Waals surface area contributed by atoms with Gasteiger partial charge in [-0.1, -0.05) is 6.92 Å². The molecule has 23 heavy (non-hydrogen) atoms. The number of carbonyl (C=O) groups is 1. The first kappa shape index (κ1) is 14.9. The van der Waals surface area contributed by atoms with Crippen molar-refractivity contribution in [2.45, 2.75) is 13.3 Å². The molecule has 3 aromatic rings. The maximum Gasteiger partial charge on any atom is 0.347 e. The molecular formula is C17H15NO5. The van der Waals surface area contributed by atoms with E-state index in [0.29, 0.717) is 17.7 Å². The molecule has 0 aliphatic rings. The number of hydrogen-bond donors (Lipinski definition) is 2. The predicted octanol–water partition coefficient (Wildman–Crippen LogP) is 2.84. The molecular weight excluding hydrogens is 298 g/mol. The van der Waals surface area contributed by atoms with Crippen LogP contribution < -0.4 is 5.56 Å². The van der Waals surface area contributed by atoms with Gasteiger partial charge >= 0.3 is 5.97 Å². The van der Waals surface area contributed by atoms with Crippen LogP contribution in [0.5, 0.6) is 5.75 Å². The average Bonchev–Trinajstić information content (AvgIpc) is 3.01.